The first kappa shape index (κ1) is 19.2. The SMILES string of the molecule is COC(=O)NCC(=O)O[C@H]1CC(OC)O[C@@H]1COCc1ccccc1. The van der Waals surface area contributed by atoms with Crippen molar-refractivity contribution < 1.29 is 33.3 Å². The number of carbonyl (C=O) groups is 2. The second kappa shape index (κ2) is 9.97. The minimum Gasteiger partial charge on any atom is -0.458 e. The van der Waals surface area contributed by atoms with Crippen molar-refractivity contribution in [1.82, 2.24) is 5.32 Å². The van der Waals surface area contributed by atoms with Crippen LogP contribution in [0.1, 0.15) is 12.0 Å². The zero-order valence-electron chi connectivity index (χ0n) is 14.3. The van der Waals surface area contributed by atoms with Crippen molar-refractivity contribution in [2.24, 2.45) is 0 Å². The number of rotatable bonds is 8. The number of methoxy groups -OCH3 is 2. The molecule has 1 saturated heterocycles. The Bertz CT molecular complexity index is 551. The molecule has 1 aliphatic heterocycles. The molecule has 3 atom stereocenters. The summed E-state index contributed by atoms with van der Waals surface area (Å²) in [6.07, 6.45) is -1.70. The Kier molecular flexibility index (Phi) is 7.65. The number of benzene rings is 1. The Morgan fingerprint density at radius 1 is 1.24 bits per heavy atom. The minimum absolute atomic E-state index is 0.261. The maximum Gasteiger partial charge on any atom is 0.407 e. The fourth-order valence-electron chi connectivity index (χ4n) is 2.40. The number of ether oxygens (including phenoxy) is 5. The van der Waals surface area contributed by atoms with Gasteiger partial charge in [0.15, 0.2) is 6.29 Å². The van der Waals surface area contributed by atoms with Gasteiger partial charge in [-0.25, -0.2) is 4.79 Å². The predicted molar refractivity (Wildman–Crippen MR) is 86.7 cm³/mol. The smallest absolute Gasteiger partial charge is 0.407 e. The number of alkyl carbamates (subject to hydrolysis) is 1. The van der Waals surface area contributed by atoms with E-state index < -0.39 is 30.6 Å². The quantitative estimate of drug-likeness (QED) is 0.703. The summed E-state index contributed by atoms with van der Waals surface area (Å²) < 4.78 is 26.3. The third kappa shape index (κ3) is 6.33. The summed E-state index contributed by atoms with van der Waals surface area (Å²) in [7, 11) is 2.74. The Hall–Kier alpha value is -2.16. The van der Waals surface area contributed by atoms with E-state index in [1.807, 2.05) is 30.3 Å². The van der Waals surface area contributed by atoms with E-state index in [0.29, 0.717) is 13.0 Å². The Morgan fingerprint density at radius 3 is 2.68 bits per heavy atom. The van der Waals surface area contributed by atoms with E-state index in [-0.39, 0.29) is 13.2 Å². The fraction of sp³-hybridized carbons (Fsp3) is 0.529. The molecule has 8 nitrogen and oxygen atoms in total. The van der Waals surface area contributed by atoms with Crippen LogP contribution in [-0.2, 0) is 35.1 Å². The minimum atomic E-state index is -0.697. The Labute approximate surface area is 146 Å². The summed E-state index contributed by atoms with van der Waals surface area (Å²) in [5.41, 5.74) is 1.04. The molecule has 1 heterocycles. The van der Waals surface area contributed by atoms with E-state index in [4.69, 9.17) is 18.9 Å². The third-order valence-electron chi connectivity index (χ3n) is 3.67. The van der Waals surface area contributed by atoms with Crippen molar-refractivity contribution >= 4 is 12.1 Å². The van der Waals surface area contributed by atoms with E-state index in [1.54, 1.807) is 0 Å². The van der Waals surface area contributed by atoms with Gasteiger partial charge in [-0.05, 0) is 5.56 Å². The lowest BCUT2D eigenvalue weighted by Gasteiger charge is -2.19. The zero-order valence-corrected chi connectivity index (χ0v) is 14.3. The van der Waals surface area contributed by atoms with Gasteiger partial charge in [-0.1, -0.05) is 30.3 Å². The molecule has 0 bridgehead atoms. The van der Waals surface area contributed by atoms with Crippen LogP contribution in [0, 0.1) is 0 Å². The first-order valence-electron chi connectivity index (χ1n) is 7.93. The van der Waals surface area contributed by atoms with Crippen LogP contribution in [0.3, 0.4) is 0 Å². The van der Waals surface area contributed by atoms with Gasteiger partial charge in [-0.2, -0.15) is 0 Å². The average molecular weight is 353 g/mol. The third-order valence-corrected chi connectivity index (χ3v) is 3.67. The molecule has 0 saturated carbocycles. The molecule has 8 heteroatoms. The molecule has 0 aromatic heterocycles. The number of carbonyl (C=O) groups excluding carboxylic acids is 2. The predicted octanol–water partition coefficient (Wildman–Crippen LogP) is 1.23. The maximum atomic E-state index is 11.8. The normalized spacial score (nSPS) is 22.4. The number of esters is 1. The lowest BCUT2D eigenvalue weighted by atomic mass is 10.2. The average Bonchev–Trinajstić information content (AvgIpc) is 3.02. The molecular formula is C17H23NO7. The zero-order chi connectivity index (χ0) is 18.1. The molecule has 0 aliphatic carbocycles. The summed E-state index contributed by atoms with van der Waals surface area (Å²) >= 11 is 0. The van der Waals surface area contributed by atoms with Gasteiger partial charge in [-0.3, -0.25) is 4.79 Å². The highest BCUT2D eigenvalue weighted by atomic mass is 16.7. The Balaban J connectivity index is 1.80. The van der Waals surface area contributed by atoms with E-state index >= 15 is 0 Å². The van der Waals surface area contributed by atoms with Crippen molar-refractivity contribution in [2.45, 2.75) is 31.5 Å². The van der Waals surface area contributed by atoms with Crippen LogP contribution in [0.25, 0.3) is 0 Å². The van der Waals surface area contributed by atoms with Crippen molar-refractivity contribution in [3.63, 3.8) is 0 Å². The van der Waals surface area contributed by atoms with Crippen LogP contribution < -0.4 is 5.32 Å². The van der Waals surface area contributed by atoms with E-state index in [1.165, 1.54) is 14.2 Å². The van der Waals surface area contributed by atoms with Gasteiger partial charge in [0.1, 0.15) is 18.8 Å². The molecule has 0 spiro atoms. The maximum absolute atomic E-state index is 11.8. The molecule has 1 aromatic carbocycles. The van der Waals surface area contributed by atoms with Gasteiger partial charge in [-0.15, -0.1) is 0 Å². The van der Waals surface area contributed by atoms with Crippen molar-refractivity contribution in [3.8, 4) is 0 Å². The number of amides is 1. The highest BCUT2D eigenvalue weighted by Gasteiger charge is 2.38. The van der Waals surface area contributed by atoms with Gasteiger partial charge in [0.05, 0.1) is 20.3 Å². The Morgan fingerprint density at radius 2 is 2.00 bits per heavy atom. The molecule has 138 valence electrons. The first-order valence-corrected chi connectivity index (χ1v) is 7.93. The molecule has 1 aliphatic rings. The number of nitrogens with one attached hydrogen (secondary N) is 1. The van der Waals surface area contributed by atoms with E-state index in [2.05, 4.69) is 10.1 Å². The standard InChI is InChI=1S/C17H23NO7/c1-21-16-8-13(24-15(19)9-18-17(20)22-2)14(25-16)11-23-10-12-6-4-3-5-7-12/h3-7,13-14,16H,8-11H2,1-2H3,(H,18,20)/t13-,14+,16?/m0/s1. The molecule has 1 amide bonds. The van der Waals surface area contributed by atoms with Crippen LogP contribution in [0.2, 0.25) is 0 Å². The lowest BCUT2D eigenvalue weighted by molar-refractivity contribution is -0.156. The lowest BCUT2D eigenvalue weighted by Crippen LogP contribution is -2.36. The van der Waals surface area contributed by atoms with Crippen LogP contribution in [0.5, 0.6) is 0 Å². The monoisotopic (exact) mass is 353 g/mol. The van der Waals surface area contributed by atoms with Gasteiger partial charge in [0.25, 0.3) is 0 Å². The molecule has 25 heavy (non-hydrogen) atoms. The molecule has 0 radical (unpaired) electrons. The van der Waals surface area contributed by atoms with E-state index in [9.17, 15) is 9.59 Å². The second-order valence-electron chi connectivity index (χ2n) is 5.45. The van der Waals surface area contributed by atoms with Crippen LogP contribution in [-0.4, -0.2) is 57.9 Å². The fourth-order valence-corrected chi connectivity index (χ4v) is 2.40. The molecule has 1 unspecified atom stereocenters. The summed E-state index contributed by atoms with van der Waals surface area (Å²) in [5, 5.41) is 2.27. The van der Waals surface area contributed by atoms with Gasteiger partial charge in [0.2, 0.25) is 0 Å². The largest absolute Gasteiger partial charge is 0.458 e. The van der Waals surface area contributed by atoms with Gasteiger partial charge < -0.3 is 29.0 Å². The second-order valence-corrected chi connectivity index (χ2v) is 5.45. The van der Waals surface area contributed by atoms with Crippen molar-refractivity contribution in [3.05, 3.63) is 35.9 Å². The van der Waals surface area contributed by atoms with Crippen LogP contribution in [0.4, 0.5) is 4.79 Å². The summed E-state index contributed by atoms with van der Waals surface area (Å²) in [4.78, 5) is 22.8. The molecule has 1 N–H and O–H groups in total. The molecule has 2 rings (SSSR count). The first-order chi connectivity index (χ1) is 12.1. The van der Waals surface area contributed by atoms with E-state index in [0.717, 1.165) is 5.56 Å². The summed E-state index contributed by atoms with van der Waals surface area (Å²) in [5.74, 6) is -0.580. The van der Waals surface area contributed by atoms with Crippen molar-refractivity contribution in [2.75, 3.05) is 27.4 Å². The topological polar surface area (TPSA) is 92.3 Å². The number of hydrogen-bond acceptors (Lipinski definition) is 7. The summed E-state index contributed by atoms with van der Waals surface area (Å²) in [6.45, 7) is 0.415. The van der Waals surface area contributed by atoms with Gasteiger partial charge in [0, 0.05) is 13.5 Å². The van der Waals surface area contributed by atoms with Crippen LogP contribution >= 0.6 is 0 Å². The van der Waals surface area contributed by atoms with Gasteiger partial charge >= 0.3 is 12.1 Å². The highest BCUT2D eigenvalue weighted by Crippen LogP contribution is 2.24. The molecular weight excluding hydrogens is 330 g/mol. The van der Waals surface area contributed by atoms with Crippen molar-refractivity contribution in [1.29, 1.82) is 0 Å². The molecule has 1 fully saturated rings. The number of hydrogen-bond donors (Lipinski definition) is 1. The summed E-state index contributed by atoms with van der Waals surface area (Å²) in [6, 6.07) is 9.73. The highest BCUT2D eigenvalue weighted by molar-refractivity contribution is 5.77. The molecule has 1 aromatic rings. The van der Waals surface area contributed by atoms with Crippen LogP contribution in [0.15, 0.2) is 30.3 Å².